The van der Waals surface area contributed by atoms with Crippen LogP contribution in [0.15, 0.2) is 0 Å². The highest BCUT2D eigenvalue weighted by atomic mass is 19.4. The molecule has 1 rings (SSSR count). The number of rotatable bonds is 2. The molecule has 16 heavy (non-hydrogen) atoms. The van der Waals surface area contributed by atoms with E-state index < -0.39 is 24.4 Å². The van der Waals surface area contributed by atoms with E-state index in [4.69, 9.17) is 5.73 Å². The molecule has 0 unspecified atom stereocenters. The van der Waals surface area contributed by atoms with Gasteiger partial charge in [-0.3, -0.25) is 0 Å². The maximum atomic E-state index is 11.9. The average molecular weight is 240 g/mol. The van der Waals surface area contributed by atoms with Gasteiger partial charge in [0.1, 0.15) is 0 Å². The van der Waals surface area contributed by atoms with Crippen molar-refractivity contribution in [3.63, 3.8) is 0 Å². The van der Waals surface area contributed by atoms with Crippen LogP contribution in [0.1, 0.15) is 19.8 Å². The maximum Gasteiger partial charge on any atom is 0.422 e. The van der Waals surface area contributed by atoms with Crippen molar-refractivity contribution in [2.75, 3.05) is 19.7 Å². The summed E-state index contributed by atoms with van der Waals surface area (Å²) in [6.07, 6.45) is -4.02. The molecule has 0 aromatic heterocycles. The zero-order valence-corrected chi connectivity index (χ0v) is 9.01. The molecule has 1 fully saturated rings. The zero-order chi connectivity index (χ0) is 12.4. The summed E-state index contributed by atoms with van der Waals surface area (Å²) in [5.74, 6) is 0. The highest BCUT2D eigenvalue weighted by Crippen LogP contribution is 2.28. The first kappa shape index (κ1) is 13.1. The van der Waals surface area contributed by atoms with Crippen LogP contribution in [0, 0.1) is 0 Å². The fraction of sp³-hybridized carbons (Fsp3) is 0.889. The maximum absolute atomic E-state index is 11.9. The molecule has 0 radical (unpaired) electrons. The number of carbonyl (C=O) groups is 1. The van der Waals surface area contributed by atoms with E-state index in [1.165, 1.54) is 4.90 Å². The van der Waals surface area contributed by atoms with Gasteiger partial charge >= 0.3 is 12.3 Å². The van der Waals surface area contributed by atoms with Gasteiger partial charge < -0.3 is 15.4 Å². The molecule has 1 aliphatic heterocycles. The van der Waals surface area contributed by atoms with Crippen molar-refractivity contribution >= 4 is 6.09 Å². The molecule has 0 saturated carbocycles. The minimum atomic E-state index is -4.49. The summed E-state index contributed by atoms with van der Waals surface area (Å²) in [4.78, 5) is 12.7. The molecule has 0 aromatic carbocycles. The molecule has 7 heteroatoms. The van der Waals surface area contributed by atoms with Gasteiger partial charge in [0, 0.05) is 13.1 Å². The summed E-state index contributed by atoms with van der Waals surface area (Å²) in [7, 11) is 0. The van der Waals surface area contributed by atoms with Gasteiger partial charge in [-0.15, -0.1) is 0 Å². The van der Waals surface area contributed by atoms with Crippen LogP contribution in [0.4, 0.5) is 18.0 Å². The molecule has 1 saturated heterocycles. The molecular weight excluding hydrogens is 225 g/mol. The fourth-order valence-electron chi connectivity index (χ4n) is 1.77. The number of nitrogens with zero attached hydrogens (tertiary/aromatic N) is 1. The Kier molecular flexibility index (Phi) is 3.67. The van der Waals surface area contributed by atoms with Crippen molar-refractivity contribution in [3.8, 4) is 0 Å². The van der Waals surface area contributed by atoms with Gasteiger partial charge in [0.25, 0.3) is 0 Å². The Morgan fingerprint density at radius 3 is 2.69 bits per heavy atom. The fourth-order valence-corrected chi connectivity index (χ4v) is 1.77. The lowest BCUT2D eigenvalue weighted by Gasteiger charge is -2.33. The van der Waals surface area contributed by atoms with Crippen LogP contribution in [0.25, 0.3) is 0 Å². The van der Waals surface area contributed by atoms with E-state index in [0.29, 0.717) is 13.0 Å². The number of carbonyl (C=O) groups excluding carboxylic acids is 1. The third-order valence-electron chi connectivity index (χ3n) is 2.77. The standard InChI is InChI=1S/C9H15F3N2O2/c1-8(5-13)3-2-4-14(8)7(15)16-6-9(10,11)12/h2-6,13H2,1H3/t8-/m1/s1. The van der Waals surface area contributed by atoms with Gasteiger partial charge in [0.05, 0.1) is 5.54 Å². The molecule has 1 heterocycles. The summed E-state index contributed by atoms with van der Waals surface area (Å²) in [5.41, 5.74) is 4.93. The predicted octanol–water partition coefficient (Wildman–Crippen LogP) is 1.50. The quantitative estimate of drug-likeness (QED) is 0.795. The van der Waals surface area contributed by atoms with Crippen LogP contribution in [0.2, 0.25) is 0 Å². The Morgan fingerprint density at radius 1 is 1.56 bits per heavy atom. The van der Waals surface area contributed by atoms with E-state index in [9.17, 15) is 18.0 Å². The van der Waals surface area contributed by atoms with E-state index in [2.05, 4.69) is 4.74 Å². The monoisotopic (exact) mass is 240 g/mol. The van der Waals surface area contributed by atoms with Crippen molar-refractivity contribution in [2.45, 2.75) is 31.5 Å². The number of ether oxygens (including phenoxy) is 1. The highest BCUT2D eigenvalue weighted by molar-refractivity contribution is 5.69. The zero-order valence-electron chi connectivity index (χ0n) is 9.01. The number of nitrogens with two attached hydrogens (primary N) is 1. The summed E-state index contributed by atoms with van der Waals surface area (Å²) in [6, 6.07) is 0. The highest BCUT2D eigenvalue weighted by Gasteiger charge is 2.40. The third-order valence-corrected chi connectivity index (χ3v) is 2.77. The van der Waals surface area contributed by atoms with Gasteiger partial charge in [-0.1, -0.05) is 0 Å². The summed E-state index contributed by atoms with van der Waals surface area (Å²) in [6.45, 7) is 0.802. The van der Waals surface area contributed by atoms with Crippen molar-refractivity contribution in [1.82, 2.24) is 4.90 Å². The number of alkyl halides is 3. The number of hydrogen-bond donors (Lipinski definition) is 1. The average Bonchev–Trinajstić information content (AvgIpc) is 2.57. The summed E-state index contributed by atoms with van der Waals surface area (Å²) >= 11 is 0. The molecule has 1 atom stereocenters. The first-order valence-corrected chi connectivity index (χ1v) is 5.00. The topological polar surface area (TPSA) is 55.6 Å². The number of amides is 1. The molecule has 0 bridgehead atoms. The van der Waals surface area contributed by atoms with Crippen LogP contribution in [-0.2, 0) is 4.74 Å². The van der Waals surface area contributed by atoms with E-state index in [1.54, 1.807) is 6.92 Å². The first-order valence-electron chi connectivity index (χ1n) is 5.00. The minimum absolute atomic E-state index is 0.216. The number of hydrogen-bond acceptors (Lipinski definition) is 3. The van der Waals surface area contributed by atoms with Crippen LogP contribution in [0.3, 0.4) is 0 Å². The van der Waals surface area contributed by atoms with Crippen molar-refractivity contribution in [3.05, 3.63) is 0 Å². The van der Waals surface area contributed by atoms with Gasteiger partial charge in [0.2, 0.25) is 0 Å². The Balaban J connectivity index is 2.54. The Hall–Kier alpha value is -0.980. The van der Waals surface area contributed by atoms with E-state index >= 15 is 0 Å². The minimum Gasteiger partial charge on any atom is -0.440 e. The lowest BCUT2D eigenvalue weighted by Crippen LogP contribution is -2.50. The molecule has 94 valence electrons. The molecule has 0 aliphatic carbocycles. The Bertz CT molecular complexity index is 270. The summed E-state index contributed by atoms with van der Waals surface area (Å²) < 4.78 is 39.8. The third kappa shape index (κ3) is 3.01. The van der Waals surface area contributed by atoms with Gasteiger partial charge in [-0.05, 0) is 19.8 Å². The molecular formula is C9H15F3N2O2. The van der Waals surface area contributed by atoms with Crippen molar-refractivity contribution in [2.24, 2.45) is 5.73 Å². The molecule has 0 aromatic rings. The van der Waals surface area contributed by atoms with Crippen LogP contribution < -0.4 is 5.73 Å². The summed E-state index contributed by atoms with van der Waals surface area (Å²) in [5, 5.41) is 0. The molecule has 0 spiro atoms. The normalized spacial score (nSPS) is 25.9. The predicted molar refractivity (Wildman–Crippen MR) is 50.8 cm³/mol. The lowest BCUT2D eigenvalue weighted by molar-refractivity contribution is -0.163. The van der Waals surface area contributed by atoms with Crippen LogP contribution in [-0.4, -0.2) is 42.4 Å². The second-order valence-corrected chi connectivity index (χ2v) is 4.13. The van der Waals surface area contributed by atoms with Crippen molar-refractivity contribution in [1.29, 1.82) is 0 Å². The largest absolute Gasteiger partial charge is 0.440 e. The van der Waals surface area contributed by atoms with E-state index in [0.717, 1.165) is 6.42 Å². The van der Waals surface area contributed by atoms with Gasteiger partial charge in [-0.2, -0.15) is 13.2 Å². The van der Waals surface area contributed by atoms with E-state index in [-0.39, 0.29) is 6.54 Å². The van der Waals surface area contributed by atoms with Gasteiger partial charge in [0.15, 0.2) is 6.61 Å². The molecule has 1 aliphatic rings. The van der Waals surface area contributed by atoms with E-state index in [1.807, 2.05) is 0 Å². The molecule has 2 N–H and O–H groups in total. The second kappa shape index (κ2) is 4.48. The molecule has 4 nitrogen and oxygen atoms in total. The second-order valence-electron chi connectivity index (χ2n) is 4.13. The molecule has 1 amide bonds. The Labute approximate surface area is 91.5 Å². The van der Waals surface area contributed by atoms with Gasteiger partial charge in [-0.25, -0.2) is 4.79 Å². The van der Waals surface area contributed by atoms with Crippen molar-refractivity contribution < 1.29 is 22.7 Å². The van der Waals surface area contributed by atoms with Crippen LogP contribution in [0.5, 0.6) is 0 Å². The number of halogens is 3. The smallest absolute Gasteiger partial charge is 0.422 e. The first-order chi connectivity index (χ1) is 7.28. The SMILES string of the molecule is C[C@]1(CN)CCCN1C(=O)OCC(F)(F)F. The lowest BCUT2D eigenvalue weighted by atomic mass is 10.00. The number of likely N-dealkylation sites (tertiary alicyclic amines) is 1. The van der Waals surface area contributed by atoms with Crippen LogP contribution >= 0.6 is 0 Å². The Morgan fingerprint density at radius 2 is 2.19 bits per heavy atom.